The third-order valence-electron chi connectivity index (χ3n) is 4.58. The molecular weight excluding hydrogens is 429 g/mol. The van der Waals surface area contributed by atoms with Crippen molar-refractivity contribution < 1.29 is 13.6 Å². The summed E-state index contributed by atoms with van der Waals surface area (Å²) in [5, 5.41) is 12.9. The van der Waals surface area contributed by atoms with E-state index in [2.05, 4.69) is 27.6 Å². The largest absolute Gasteiger partial charge is 0.461 e. The fourth-order valence-corrected chi connectivity index (χ4v) is 3.68. The molecule has 4 rings (SSSR count). The molecule has 0 spiro atoms. The number of nitrogens with zero attached hydrogens (tertiary/aromatic N) is 4. The fraction of sp³-hybridized carbons (Fsp3) is 0.130. The van der Waals surface area contributed by atoms with Crippen LogP contribution in [0.2, 0.25) is 0 Å². The number of rotatable bonds is 8. The summed E-state index contributed by atoms with van der Waals surface area (Å²) in [5.41, 5.74) is 5.30. The zero-order valence-electron chi connectivity index (χ0n) is 17.2. The van der Waals surface area contributed by atoms with E-state index in [0.717, 1.165) is 12.0 Å². The van der Waals surface area contributed by atoms with Gasteiger partial charge in [0.1, 0.15) is 5.82 Å². The number of benzene rings is 2. The molecule has 162 valence electrons. The molecule has 0 bridgehead atoms. The third kappa shape index (κ3) is 5.12. The molecule has 7 nitrogen and oxygen atoms in total. The number of aryl methyl sites for hydroxylation is 1. The lowest BCUT2D eigenvalue weighted by atomic mass is 10.1. The standard InChI is InChI=1S/C23H20FN5O2S/c1-2-16-5-7-17(8-6-16)14-25-26-21(30)15-32-23-28-27-22(20-4-3-13-31-20)29(23)19-11-9-18(24)10-12-19/h3-14H,2,15H2,1H3,(H,26,30). The van der Waals surface area contributed by atoms with Crippen molar-refractivity contribution in [2.75, 3.05) is 5.75 Å². The molecule has 1 N–H and O–H groups in total. The highest BCUT2D eigenvalue weighted by Crippen LogP contribution is 2.28. The Labute approximate surface area is 188 Å². The van der Waals surface area contributed by atoms with Gasteiger partial charge in [0, 0.05) is 0 Å². The lowest BCUT2D eigenvalue weighted by Crippen LogP contribution is -2.20. The van der Waals surface area contributed by atoms with Crippen molar-refractivity contribution in [3.05, 3.63) is 83.9 Å². The van der Waals surface area contributed by atoms with E-state index in [-0.39, 0.29) is 17.5 Å². The van der Waals surface area contributed by atoms with E-state index < -0.39 is 0 Å². The van der Waals surface area contributed by atoms with Crippen LogP contribution >= 0.6 is 11.8 Å². The fourth-order valence-electron chi connectivity index (χ4n) is 2.93. The van der Waals surface area contributed by atoms with Crippen molar-refractivity contribution in [2.24, 2.45) is 5.10 Å². The van der Waals surface area contributed by atoms with E-state index in [9.17, 15) is 9.18 Å². The minimum absolute atomic E-state index is 0.0730. The van der Waals surface area contributed by atoms with E-state index in [4.69, 9.17) is 4.42 Å². The van der Waals surface area contributed by atoms with Gasteiger partial charge < -0.3 is 4.42 Å². The second-order valence-electron chi connectivity index (χ2n) is 6.77. The topological polar surface area (TPSA) is 85.3 Å². The molecule has 2 heterocycles. The third-order valence-corrected chi connectivity index (χ3v) is 5.51. The Morgan fingerprint density at radius 3 is 2.62 bits per heavy atom. The molecule has 0 aliphatic heterocycles. The van der Waals surface area contributed by atoms with Gasteiger partial charge in [0.15, 0.2) is 10.9 Å². The lowest BCUT2D eigenvalue weighted by molar-refractivity contribution is -0.118. The van der Waals surface area contributed by atoms with Crippen molar-refractivity contribution >= 4 is 23.9 Å². The summed E-state index contributed by atoms with van der Waals surface area (Å²) in [6, 6.07) is 17.4. The van der Waals surface area contributed by atoms with Crippen LogP contribution in [0.25, 0.3) is 17.3 Å². The first-order valence-electron chi connectivity index (χ1n) is 9.93. The van der Waals surface area contributed by atoms with Crippen LogP contribution in [0, 0.1) is 5.82 Å². The lowest BCUT2D eigenvalue weighted by Gasteiger charge is -2.09. The van der Waals surface area contributed by atoms with E-state index in [1.54, 1.807) is 35.0 Å². The van der Waals surface area contributed by atoms with Gasteiger partial charge in [-0.3, -0.25) is 9.36 Å². The van der Waals surface area contributed by atoms with Gasteiger partial charge in [-0.2, -0.15) is 5.10 Å². The molecule has 2 aromatic carbocycles. The molecule has 0 unspecified atom stereocenters. The first-order valence-corrected chi connectivity index (χ1v) is 10.9. The van der Waals surface area contributed by atoms with Gasteiger partial charge in [-0.25, -0.2) is 9.82 Å². The summed E-state index contributed by atoms with van der Waals surface area (Å²) >= 11 is 1.19. The van der Waals surface area contributed by atoms with Gasteiger partial charge in [-0.15, -0.1) is 10.2 Å². The highest BCUT2D eigenvalue weighted by atomic mass is 32.2. The van der Waals surface area contributed by atoms with Gasteiger partial charge in [-0.05, 0) is 53.9 Å². The maximum atomic E-state index is 13.4. The molecule has 0 aliphatic carbocycles. The van der Waals surface area contributed by atoms with E-state index >= 15 is 0 Å². The summed E-state index contributed by atoms with van der Waals surface area (Å²) in [4.78, 5) is 12.3. The number of amides is 1. The zero-order valence-corrected chi connectivity index (χ0v) is 18.1. The molecule has 4 aromatic rings. The van der Waals surface area contributed by atoms with E-state index in [1.807, 2.05) is 24.3 Å². The summed E-state index contributed by atoms with van der Waals surface area (Å²) in [6.07, 6.45) is 4.10. The van der Waals surface area contributed by atoms with Crippen molar-refractivity contribution in [3.8, 4) is 17.3 Å². The summed E-state index contributed by atoms with van der Waals surface area (Å²) in [6.45, 7) is 2.09. The second-order valence-corrected chi connectivity index (χ2v) is 7.71. The summed E-state index contributed by atoms with van der Waals surface area (Å²) < 4.78 is 20.6. The van der Waals surface area contributed by atoms with Gasteiger partial charge in [0.05, 0.1) is 23.9 Å². The van der Waals surface area contributed by atoms with Crippen molar-refractivity contribution in [1.82, 2.24) is 20.2 Å². The average molecular weight is 450 g/mol. The Bertz CT molecular complexity index is 1200. The number of hydrogen-bond acceptors (Lipinski definition) is 6. The van der Waals surface area contributed by atoms with Crippen LogP contribution in [0.5, 0.6) is 0 Å². The van der Waals surface area contributed by atoms with Crippen LogP contribution < -0.4 is 5.43 Å². The summed E-state index contributed by atoms with van der Waals surface area (Å²) in [7, 11) is 0. The Balaban J connectivity index is 1.45. The molecule has 9 heteroatoms. The Kier molecular flexibility index (Phi) is 6.76. The van der Waals surface area contributed by atoms with Gasteiger partial charge in [-0.1, -0.05) is 43.0 Å². The van der Waals surface area contributed by atoms with Crippen molar-refractivity contribution in [1.29, 1.82) is 0 Å². The zero-order chi connectivity index (χ0) is 22.3. The van der Waals surface area contributed by atoms with Crippen molar-refractivity contribution in [3.63, 3.8) is 0 Å². The van der Waals surface area contributed by atoms with E-state index in [0.29, 0.717) is 22.4 Å². The molecule has 2 aromatic heterocycles. The van der Waals surface area contributed by atoms with Crippen LogP contribution in [0.15, 0.2) is 81.6 Å². The quantitative estimate of drug-likeness (QED) is 0.244. The van der Waals surface area contributed by atoms with Crippen LogP contribution in [0.4, 0.5) is 4.39 Å². The normalized spacial score (nSPS) is 11.2. The number of hydrazone groups is 1. The number of furan rings is 1. The number of halogens is 1. The smallest absolute Gasteiger partial charge is 0.250 e. The Morgan fingerprint density at radius 1 is 1.16 bits per heavy atom. The number of carbonyl (C=O) groups excluding carboxylic acids is 1. The monoisotopic (exact) mass is 449 g/mol. The first-order chi connectivity index (χ1) is 15.6. The Hall–Kier alpha value is -3.72. The Morgan fingerprint density at radius 2 is 1.94 bits per heavy atom. The van der Waals surface area contributed by atoms with Gasteiger partial charge >= 0.3 is 0 Å². The highest BCUT2D eigenvalue weighted by molar-refractivity contribution is 7.99. The minimum atomic E-state index is -0.350. The van der Waals surface area contributed by atoms with Crippen molar-refractivity contribution in [2.45, 2.75) is 18.5 Å². The maximum Gasteiger partial charge on any atom is 0.250 e. The molecule has 0 saturated heterocycles. The predicted octanol–water partition coefficient (Wildman–Crippen LogP) is 4.47. The maximum absolute atomic E-state index is 13.4. The first kappa shape index (κ1) is 21.5. The SMILES string of the molecule is CCc1ccc(C=NNC(=O)CSc2nnc(-c3ccco3)n2-c2ccc(F)cc2)cc1. The van der Waals surface area contributed by atoms with Gasteiger partial charge in [0.25, 0.3) is 5.91 Å². The molecule has 0 radical (unpaired) electrons. The summed E-state index contributed by atoms with van der Waals surface area (Å²) in [5.74, 6) is 0.403. The number of aromatic nitrogens is 3. The number of nitrogens with one attached hydrogen (secondary N) is 1. The molecule has 0 saturated carbocycles. The van der Waals surface area contributed by atoms with Crippen LogP contribution in [-0.2, 0) is 11.2 Å². The molecule has 32 heavy (non-hydrogen) atoms. The van der Waals surface area contributed by atoms with Gasteiger partial charge in [0.2, 0.25) is 5.82 Å². The van der Waals surface area contributed by atoms with Crippen LogP contribution in [0.3, 0.4) is 0 Å². The second kappa shape index (κ2) is 10.1. The molecule has 1 amide bonds. The number of thioether (sulfide) groups is 1. The van der Waals surface area contributed by atoms with Crippen LogP contribution in [0.1, 0.15) is 18.1 Å². The minimum Gasteiger partial charge on any atom is -0.461 e. The number of carbonyl (C=O) groups is 1. The molecule has 0 fully saturated rings. The molecular formula is C23H20FN5O2S. The van der Waals surface area contributed by atoms with E-state index in [1.165, 1.54) is 35.7 Å². The highest BCUT2D eigenvalue weighted by Gasteiger charge is 2.19. The molecule has 0 aliphatic rings. The molecule has 0 atom stereocenters. The predicted molar refractivity (Wildman–Crippen MR) is 121 cm³/mol. The number of hydrogen-bond donors (Lipinski definition) is 1. The average Bonchev–Trinajstić information content (AvgIpc) is 3.49. The van der Waals surface area contributed by atoms with Crippen LogP contribution in [-0.4, -0.2) is 32.6 Å².